The van der Waals surface area contributed by atoms with E-state index in [0.717, 1.165) is 14.9 Å². The van der Waals surface area contributed by atoms with Crippen LogP contribution in [0.3, 0.4) is 0 Å². The topological polar surface area (TPSA) is 74.3 Å². The van der Waals surface area contributed by atoms with Crippen LogP contribution in [0.1, 0.15) is 26.0 Å². The van der Waals surface area contributed by atoms with E-state index >= 15 is 0 Å². The molecule has 2 aromatic rings. The lowest BCUT2D eigenvalue weighted by atomic mass is 9.94. The molecule has 1 aromatic carbocycles. The Labute approximate surface area is 165 Å². The maximum Gasteiger partial charge on any atom is 0.271 e. The first-order valence-electron chi connectivity index (χ1n) is 8.52. The van der Waals surface area contributed by atoms with Gasteiger partial charge in [0.1, 0.15) is 23.2 Å². The molecule has 136 valence electrons. The molecule has 5 nitrogen and oxygen atoms in total. The Bertz CT molecular complexity index is 1020. The maximum absolute atomic E-state index is 12.8. The summed E-state index contributed by atoms with van der Waals surface area (Å²) in [5, 5.41) is 9.35. The second kappa shape index (κ2) is 7.77. The summed E-state index contributed by atoms with van der Waals surface area (Å²) >= 11 is 3.49. The Hall–Kier alpha value is -2.91. The van der Waals surface area contributed by atoms with Crippen molar-refractivity contribution in [3.63, 3.8) is 0 Å². The number of nitrogens with zero attached hydrogens (tertiary/aromatic N) is 2. The number of halogens is 1. The Morgan fingerprint density at radius 3 is 2.59 bits per heavy atom. The molecule has 3 rings (SSSR count). The third-order valence-electron chi connectivity index (χ3n) is 4.33. The molecule has 0 radical (unpaired) electrons. The molecule has 27 heavy (non-hydrogen) atoms. The van der Waals surface area contributed by atoms with Crippen molar-refractivity contribution >= 4 is 33.8 Å². The Morgan fingerprint density at radius 2 is 1.93 bits per heavy atom. The lowest BCUT2D eigenvalue weighted by molar-refractivity contribution is -0.140. The first-order valence-corrected chi connectivity index (χ1v) is 9.31. The monoisotopic (exact) mass is 424 g/mol. The number of amides is 2. The van der Waals surface area contributed by atoms with Crippen LogP contribution in [0.15, 0.2) is 62.0 Å². The molecule has 0 N–H and O–H groups in total. The van der Waals surface area contributed by atoms with E-state index in [1.807, 2.05) is 43.3 Å². The molecular weight excluding hydrogens is 408 g/mol. The zero-order valence-corrected chi connectivity index (χ0v) is 16.5. The number of nitriles is 1. The van der Waals surface area contributed by atoms with Gasteiger partial charge in [0.05, 0.1) is 0 Å². The third-order valence-corrected chi connectivity index (χ3v) is 5.02. The van der Waals surface area contributed by atoms with E-state index in [-0.39, 0.29) is 12.1 Å². The van der Waals surface area contributed by atoms with Gasteiger partial charge in [0.25, 0.3) is 11.8 Å². The van der Waals surface area contributed by atoms with E-state index in [4.69, 9.17) is 4.42 Å². The Balaban J connectivity index is 2.04. The first-order chi connectivity index (χ1) is 13.0. The Kier molecular flexibility index (Phi) is 5.43. The van der Waals surface area contributed by atoms with Crippen molar-refractivity contribution < 1.29 is 14.0 Å². The van der Waals surface area contributed by atoms with Gasteiger partial charge in [-0.25, -0.2) is 0 Å². The van der Waals surface area contributed by atoms with Gasteiger partial charge in [0.2, 0.25) is 0 Å². The molecule has 0 spiro atoms. The van der Waals surface area contributed by atoms with E-state index in [9.17, 15) is 14.9 Å². The van der Waals surface area contributed by atoms with Crippen molar-refractivity contribution in [1.82, 2.24) is 4.90 Å². The molecule has 2 heterocycles. The molecule has 1 aliphatic rings. The van der Waals surface area contributed by atoms with Gasteiger partial charge in [-0.3, -0.25) is 14.5 Å². The number of benzene rings is 1. The summed E-state index contributed by atoms with van der Waals surface area (Å²) in [6.45, 7) is 3.76. The molecular formula is C21H17BrN2O3. The van der Waals surface area contributed by atoms with E-state index < -0.39 is 11.8 Å². The fraction of sp³-hybridized carbons (Fsp3) is 0.190. The summed E-state index contributed by atoms with van der Waals surface area (Å²) in [4.78, 5) is 26.3. The van der Waals surface area contributed by atoms with Gasteiger partial charge in [-0.1, -0.05) is 41.1 Å². The predicted molar refractivity (Wildman–Crippen MR) is 105 cm³/mol. The highest BCUT2D eigenvalue weighted by Gasteiger charge is 2.35. The summed E-state index contributed by atoms with van der Waals surface area (Å²) in [7, 11) is 0. The average Bonchev–Trinajstić information content (AvgIpc) is 3.11. The minimum Gasteiger partial charge on any atom is -0.457 e. The number of carbonyl (C=O) groups is 2. The summed E-state index contributed by atoms with van der Waals surface area (Å²) in [6.07, 6.45) is 2.21. The van der Waals surface area contributed by atoms with Gasteiger partial charge in [0.15, 0.2) is 0 Å². The van der Waals surface area contributed by atoms with Gasteiger partial charge >= 0.3 is 0 Å². The molecule has 0 saturated carbocycles. The maximum atomic E-state index is 12.8. The van der Waals surface area contributed by atoms with Crippen LogP contribution >= 0.6 is 15.9 Å². The van der Waals surface area contributed by atoms with Crippen LogP contribution in [0.25, 0.3) is 17.4 Å². The molecule has 0 bridgehead atoms. The van der Waals surface area contributed by atoms with Crippen LogP contribution in [0, 0.1) is 11.3 Å². The van der Waals surface area contributed by atoms with Crippen molar-refractivity contribution in [2.75, 3.05) is 6.54 Å². The lowest BCUT2D eigenvalue weighted by Gasteiger charge is -2.26. The minimum atomic E-state index is -0.535. The van der Waals surface area contributed by atoms with Gasteiger partial charge in [0, 0.05) is 22.2 Å². The van der Waals surface area contributed by atoms with E-state index in [0.29, 0.717) is 29.1 Å². The van der Waals surface area contributed by atoms with Crippen molar-refractivity contribution in [3.8, 4) is 17.4 Å². The Morgan fingerprint density at radius 1 is 1.19 bits per heavy atom. The summed E-state index contributed by atoms with van der Waals surface area (Å²) in [6, 6.07) is 13.2. The molecule has 0 unspecified atom stereocenters. The third kappa shape index (κ3) is 3.51. The molecule has 0 atom stereocenters. The van der Waals surface area contributed by atoms with Crippen LogP contribution in [-0.4, -0.2) is 23.3 Å². The highest BCUT2D eigenvalue weighted by molar-refractivity contribution is 9.10. The van der Waals surface area contributed by atoms with Crippen molar-refractivity contribution in [2.24, 2.45) is 0 Å². The van der Waals surface area contributed by atoms with Crippen LogP contribution in [0.5, 0.6) is 0 Å². The van der Waals surface area contributed by atoms with Crippen LogP contribution in [0.4, 0.5) is 0 Å². The summed E-state index contributed by atoms with van der Waals surface area (Å²) in [5.41, 5.74) is 1.56. The highest BCUT2D eigenvalue weighted by atomic mass is 79.9. The van der Waals surface area contributed by atoms with Gasteiger partial charge in [-0.05, 0) is 43.2 Å². The molecule has 2 amide bonds. The van der Waals surface area contributed by atoms with E-state index in [1.165, 1.54) is 0 Å². The van der Waals surface area contributed by atoms with Crippen molar-refractivity contribution in [1.29, 1.82) is 5.26 Å². The van der Waals surface area contributed by atoms with Crippen LogP contribution in [0.2, 0.25) is 0 Å². The molecule has 1 aliphatic heterocycles. The fourth-order valence-corrected chi connectivity index (χ4v) is 3.42. The zero-order valence-electron chi connectivity index (χ0n) is 15.0. The summed E-state index contributed by atoms with van der Waals surface area (Å²) in [5.74, 6) is 0.192. The number of hydrogen-bond acceptors (Lipinski definition) is 4. The molecule has 6 heteroatoms. The smallest absolute Gasteiger partial charge is 0.271 e. The average molecular weight is 425 g/mol. The second-order valence-corrected chi connectivity index (χ2v) is 6.97. The van der Waals surface area contributed by atoms with Crippen molar-refractivity contribution in [3.05, 3.63) is 63.4 Å². The van der Waals surface area contributed by atoms with Gasteiger partial charge in [-0.15, -0.1) is 0 Å². The highest BCUT2D eigenvalue weighted by Crippen LogP contribution is 2.32. The minimum absolute atomic E-state index is 0.00752. The number of hydrogen-bond donors (Lipinski definition) is 0. The summed E-state index contributed by atoms with van der Waals surface area (Å²) < 4.78 is 6.77. The largest absolute Gasteiger partial charge is 0.457 e. The first kappa shape index (κ1) is 18.9. The second-order valence-electron chi connectivity index (χ2n) is 6.11. The van der Waals surface area contributed by atoms with Crippen LogP contribution in [-0.2, 0) is 9.59 Å². The predicted octanol–water partition coefficient (Wildman–Crippen LogP) is 4.71. The number of furan rings is 1. The van der Waals surface area contributed by atoms with E-state index in [1.54, 1.807) is 19.1 Å². The molecule has 0 aliphatic carbocycles. The molecule has 0 fully saturated rings. The van der Waals surface area contributed by atoms with Crippen molar-refractivity contribution in [2.45, 2.75) is 20.3 Å². The number of rotatable bonds is 4. The standard InChI is InChI=1S/C21H17BrN2O3/c1-3-10-24-20(25)16(13(2)17(12-23)21(24)26)11-14-8-9-19(27-14)15-6-4-5-7-18(15)22/h4-9,11H,3,10H2,1-2H3/b16-11-. The quantitative estimate of drug-likeness (QED) is 0.525. The van der Waals surface area contributed by atoms with Gasteiger partial charge in [-0.2, -0.15) is 5.26 Å². The molecule has 1 aromatic heterocycles. The zero-order chi connectivity index (χ0) is 19.6. The molecule has 0 saturated heterocycles. The number of imide groups is 1. The van der Waals surface area contributed by atoms with E-state index in [2.05, 4.69) is 15.9 Å². The normalized spacial score (nSPS) is 16.2. The SMILES string of the molecule is CCCN1C(=O)C(C#N)=C(C)/C(=C/c2ccc(-c3ccccc3Br)o2)C1=O. The lowest BCUT2D eigenvalue weighted by Crippen LogP contribution is -2.43. The number of carbonyl (C=O) groups excluding carboxylic acids is 2. The van der Waals surface area contributed by atoms with Crippen LogP contribution < -0.4 is 0 Å². The fourth-order valence-electron chi connectivity index (χ4n) is 2.93. The van der Waals surface area contributed by atoms with Gasteiger partial charge < -0.3 is 4.42 Å².